The number of halogens is 1. The van der Waals surface area contributed by atoms with Gasteiger partial charge in [0, 0.05) is 17.3 Å². The maximum atomic E-state index is 11.6. The van der Waals surface area contributed by atoms with E-state index in [1.807, 2.05) is 20.8 Å². The SMILES string of the molecule is CC(C)(C)C(O)CNC(=O)Nc1cccc(Cl)c1. The van der Waals surface area contributed by atoms with E-state index in [1.165, 1.54) is 0 Å². The molecule has 0 bridgehead atoms. The highest BCUT2D eigenvalue weighted by Crippen LogP contribution is 2.18. The van der Waals surface area contributed by atoms with Crippen molar-refractivity contribution >= 4 is 23.3 Å². The molecule has 0 aromatic heterocycles. The lowest BCUT2D eigenvalue weighted by Gasteiger charge is -2.25. The summed E-state index contributed by atoms with van der Waals surface area (Å²) in [6.07, 6.45) is -0.595. The molecule has 0 aliphatic heterocycles. The zero-order chi connectivity index (χ0) is 13.8. The van der Waals surface area contributed by atoms with Gasteiger partial charge in [0.15, 0.2) is 0 Å². The van der Waals surface area contributed by atoms with Crippen LogP contribution in [0.25, 0.3) is 0 Å². The molecule has 0 fully saturated rings. The summed E-state index contributed by atoms with van der Waals surface area (Å²) in [6.45, 7) is 5.94. The molecular weight excluding hydrogens is 252 g/mol. The molecule has 0 saturated carbocycles. The number of nitrogens with one attached hydrogen (secondary N) is 2. The minimum Gasteiger partial charge on any atom is -0.391 e. The Morgan fingerprint density at radius 1 is 1.44 bits per heavy atom. The van der Waals surface area contributed by atoms with Gasteiger partial charge in [0.05, 0.1) is 6.10 Å². The van der Waals surface area contributed by atoms with Crippen molar-refractivity contribution in [2.75, 3.05) is 11.9 Å². The number of aliphatic hydroxyl groups is 1. The summed E-state index contributed by atoms with van der Waals surface area (Å²) in [5, 5.41) is 15.6. The first-order valence-corrected chi connectivity index (χ1v) is 6.15. The Hall–Kier alpha value is -1.26. The van der Waals surface area contributed by atoms with Crippen LogP contribution in [0.5, 0.6) is 0 Å². The lowest BCUT2D eigenvalue weighted by Crippen LogP contribution is -2.40. The molecule has 0 heterocycles. The molecule has 5 heteroatoms. The second kappa shape index (κ2) is 6.07. The van der Waals surface area contributed by atoms with E-state index in [-0.39, 0.29) is 18.0 Å². The number of urea groups is 1. The fraction of sp³-hybridized carbons (Fsp3) is 0.462. The first kappa shape index (κ1) is 14.8. The zero-order valence-electron chi connectivity index (χ0n) is 10.8. The molecule has 1 aromatic carbocycles. The van der Waals surface area contributed by atoms with Gasteiger partial charge in [0.1, 0.15) is 0 Å². The molecule has 1 rings (SSSR count). The average molecular weight is 271 g/mol. The molecule has 3 N–H and O–H groups in total. The van der Waals surface area contributed by atoms with Gasteiger partial charge in [-0.25, -0.2) is 4.79 Å². The van der Waals surface area contributed by atoms with Crippen molar-refractivity contribution < 1.29 is 9.90 Å². The molecule has 0 spiro atoms. The third kappa shape index (κ3) is 4.94. The van der Waals surface area contributed by atoms with Gasteiger partial charge in [-0.2, -0.15) is 0 Å². The molecule has 18 heavy (non-hydrogen) atoms. The maximum absolute atomic E-state index is 11.6. The van der Waals surface area contributed by atoms with Gasteiger partial charge in [-0.15, -0.1) is 0 Å². The van der Waals surface area contributed by atoms with E-state index in [1.54, 1.807) is 24.3 Å². The summed E-state index contributed by atoms with van der Waals surface area (Å²) < 4.78 is 0. The van der Waals surface area contributed by atoms with E-state index in [0.29, 0.717) is 10.7 Å². The molecule has 0 aliphatic rings. The van der Waals surface area contributed by atoms with Crippen LogP contribution in [0.3, 0.4) is 0 Å². The highest BCUT2D eigenvalue weighted by Gasteiger charge is 2.22. The summed E-state index contributed by atoms with van der Waals surface area (Å²) in [5.74, 6) is 0. The smallest absolute Gasteiger partial charge is 0.319 e. The molecule has 2 amide bonds. The second-order valence-corrected chi connectivity index (χ2v) is 5.66. The molecule has 1 aromatic rings. The number of rotatable bonds is 3. The number of hydrogen-bond acceptors (Lipinski definition) is 2. The number of aliphatic hydroxyl groups excluding tert-OH is 1. The molecule has 1 unspecified atom stereocenters. The van der Waals surface area contributed by atoms with Crippen molar-refractivity contribution in [2.24, 2.45) is 5.41 Å². The van der Waals surface area contributed by atoms with Crippen molar-refractivity contribution in [3.63, 3.8) is 0 Å². The molecular formula is C13H19ClN2O2. The number of benzene rings is 1. The van der Waals surface area contributed by atoms with Crippen molar-refractivity contribution in [1.82, 2.24) is 5.32 Å². The summed E-state index contributed by atoms with van der Waals surface area (Å²) in [4.78, 5) is 11.6. The second-order valence-electron chi connectivity index (χ2n) is 5.23. The van der Waals surface area contributed by atoms with Crippen LogP contribution in [0.1, 0.15) is 20.8 Å². The molecule has 4 nitrogen and oxygen atoms in total. The highest BCUT2D eigenvalue weighted by atomic mass is 35.5. The van der Waals surface area contributed by atoms with Gasteiger partial charge >= 0.3 is 6.03 Å². The van der Waals surface area contributed by atoms with Crippen LogP contribution >= 0.6 is 11.6 Å². The lowest BCUT2D eigenvalue weighted by atomic mass is 9.89. The molecule has 0 saturated heterocycles. The van der Waals surface area contributed by atoms with Crippen LogP contribution < -0.4 is 10.6 Å². The topological polar surface area (TPSA) is 61.4 Å². The van der Waals surface area contributed by atoms with Crippen molar-refractivity contribution in [3.05, 3.63) is 29.3 Å². The molecule has 100 valence electrons. The van der Waals surface area contributed by atoms with Gasteiger partial charge in [0.25, 0.3) is 0 Å². The van der Waals surface area contributed by atoms with E-state index in [9.17, 15) is 9.90 Å². The minimum atomic E-state index is -0.595. The van der Waals surface area contributed by atoms with Crippen LogP contribution in [-0.4, -0.2) is 23.8 Å². The Morgan fingerprint density at radius 3 is 2.67 bits per heavy atom. The third-order valence-electron chi connectivity index (χ3n) is 2.54. The van der Waals surface area contributed by atoms with Crippen LogP contribution in [0.4, 0.5) is 10.5 Å². The molecule has 1 atom stereocenters. The summed E-state index contributed by atoms with van der Waals surface area (Å²) in [7, 11) is 0. The predicted octanol–water partition coefficient (Wildman–Crippen LogP) is 2.87. The number of amides is 2. The van der Waals surface area contributed by atoms with Gasteiger partial charge in [-0.1, -0.05) is 38.4 Å². The van der Waals surface area contributed by atoms with Crippen molar-refractivity contribution in [3.8, 4) is 0 Å². The van der Waals surface area contributed by atoms with E-state index < -0.39 is 6.10 Å². The number of carbonyl (C=O) groups excluding carboxylic acids is 1. The largest absolute Gasteiger partial charge is 0.391 e. The summed E-state index contributed by atoms with van der Waals surface area (Å²) in [6, 6.07) is 6.52. The third-order valence-corrected chi connectivity index (χ3v) is 2.77. The Morgan fingerprint density at radius 2 is 2.11 bits per heavy atom. The maximum Gasteiger partial charge on any atom is 0.319 e. The summed E-state index contributed by atoms with van der Waals surface area (Å²) >= 11 is 5.80. The Labute approximate surface area is 112 Å². The summed E-state index contributed by atoms with van der Waals surface area (Å²) in [5.41, 5.74) is 0.355. The van der Waals surface area contributed by atoms with E-state index in [4.69, 9.17) is 11.6 Å². The average Bonchev–Trinajstić information content (AvgIpc) is 2.24. The van der Waals surface area contributed by atoms with Crippen LogP contribution in [0.2, 0.25) is 5.02 Å². The quantitative estimate of drug-likeness (QED) is 0.791. The van der Waals surface area contributed by atoms with Crippen molar-refractivity contribution in [2.45, 2.75) is 26.9 Å². The first-order chi connectivity index (χ1) is 8.29. The number of hydrogen-bond donors (Lipinski definition) is 3. The number of carbonyl (C=O) groups is 1. The zero-order valence-corrected chi connectivity index (χ0v) is 11.6. The fourth-order valence-electron chi connectivity index (χ4n) is 1.24. The van der Waals surface area contributed by atoms with E-state index in [2.05, 4.69) is 10.6 Å². The van der Waals surface area contributed by atoms with E-state index >= 15 is 0 Å². The standard InChI is InChI=1S/C13H19ClN2O2/c1-13(2,3)11(17)8-15-12(18)16-10-6-4-5-9(14)7-10/h4-7,11,17H,8H2,1-3H3,(H2,15,16,18). The Kier molecular flexibility index (Phi) is 4.99. The Balaban J connectivity index is 2.43. The van der Waals surface area contributed by atoms with Crippen molar-refractivity contribution in [1.29, 1.82) is 0 Å². The van der Waals surface area contributed by atoms with Gasteiger partial charge in [-0.05, 0) is 23.6 Å². The van der Waals surface area contributed by atoms with Gasteiger partial charge in [0.2, 0.25) is 0 Å². The van der Waals surface area contributed by atoms with Crippen LogP contribution in [0.15, 0.2) is 24.3 Å². The fourth-order valence-corrected chi connectivity index (χ4v) is 1.43. The molecule has 0 aliphatic carbocycles. The Bertz CT molecular complexity index is 416. The minimum absolute atomic E-state index is 0.204. The predicted molar refractivity (Wildman–Crippen MR) is 73.9 cm³/mol. The first-order valence-electron chi connectivity index (χ1n) is 5.77. The molecule has 0 radical (unpaired) electrons. The lowest BCUT2D eigenvalue weighted by molar-refractivity contribution is 0.0654. The monoisotopic (exact) mass is 270 g/mol. The van der Waals surface area contributed by atoms with Crippen LogP contribution in [-0.2, 0) is 0 Å². The van der Waals surface area contributed by atoms with E-state index in [0.717, 1.165) is 0 Å². The number of anilines is 1. The highest BCUT2D eigenvalue weighted by molar-refractivity contribution is 6.30. The van der Waals surface area contributed by atoms with Crippen LogP contribution in [0, 0.1) is 5.41 Å². The normalized spacial score (nSPS) is 12.9. The van der Waals surface area contributed by atoms with Gasteiger partial charge < -0.3 is 15.7 Å². The van der Waals surface area contributed by atoms with Gasteiger partial charge in [-0.3, -0.25) is 0 Å².